The predicted octanol–water partition coefficient (Wildman–Crippen LogP) is 7.79. The molecule has 0 N–H and O–H groups in total. The SMILES string of the molecule is CCCCCCCC(=O)On1cc(C2=CCN(C(C)C)CC2)c2cc(SCCc3ccccc3)ccc21. The summed E-state index contributed by atoms with van der Waals surface area (Å²) < 4.78 is 1.72. The molecule has 0 bridgehead atoms. The van der Waals surface area contributed by atoms with Crippen molar-refractivity contribution >= 4 is 34.2 Å². The maximum absolute atomic E-state index is 12.7. The van der Waals surface area contributed by atoms with E-state index in [1.165, 1.54) is 46.2 Å². The molecule has 198 valence electrons. The number of nitrogens with zero attached hydrogens (tertiary/aromatic N) is 2. The summed E-state index contributed by atoms with van der Waals surface area (Å²) in [6.07, 6.45) is 12.5. The van der Waals surface area contributed by atoms with E-state index in [4.69, 9.17) is 4.84 Å². The van der Waals surface area contributed by atoms with Crippen LogP contribution < -0.4 is 4.84 Å². The summed E-state index contributed by atoms with van der Waals surface area (Å²) in [4.78, 5) is 22.3. The lowest BCUT2D eigenvalue weighted by Crippen LogP contribution is -2.34. The lowest BCUT2D eigenvalue weighted by Gasteiger charge is -2.29. The molecule has 4 rings (SSSR count). The van der Waals surface area contributed by atoms with Gasteiger partial charge in [0.1, 0.15) is 0 Å². The van der Waals surface area contributed by atoms with Gasteiger partial charge in [0.25, 0.3) is 0 Å². The van der Waals surface area contributed by atoms with Crippen molar-refractivity contribution in [3.05, 3.63) is 71.9 Å². The minimum atomic E-state index is -0.148. The van der Waals surface area contributed by atoms with Gasteiger partial charge in [-0.05, 0) is 62.4 Å². The fraction of sp³-hybridized carbons (Fsp3) is 0.469. The van der Waals surface area contributed by atoms with Gasteiger partial charge in [0.15, 0.2) is 0 Å². The summed E-state index contributed by atoms with van der Waals surface area (Å²) in [5, 5.41) is 1.17. The minimum Gasteiger partial charge on any atom is -0.337 e. The fourth-order valence-electron chi connectivity index (χ4n) is 4.96. The molecular formula is C32H42N2O2S. The van der Waals surface area contributed by atoms with Crippen molar-refractivity contribution in [2.75, 3.05) is 18.8 Å². The molecule has 37 heavy (non-hydrogen) atoms. The van der Waals surface area contributed by atoms with Crippen LogP contribution in [0.4, 0.5) is 0 Å². The van der Waals surface area contributed by atoms with Gasteiger partial charge in [-0.1, -0.05) is 69.0 Å². The van der Waals surface area contributed by atoms with E-state index in [1.807, 2.05) is 18.0 Å². The van der Waals surface area contributed by atoms with E-state index in [1.54, 1.807) is 4.73 Å². The number of benzene rings is 2. The molecule has 1 aliphatic rings. The predicted molar refractivity (Wildman–Crippen MR) is 157 cm³/mol. The van der Waals surface area contributed by atoms with Gasteiger partial charge in [-0.3, -0.25) is 4.90 Å². The van der Waals surface area contributed by atoms with Crippen LogP contribution in [0.15, 0.2) is 65.7 Å². The van der Waals surface area contributed by atoms with Crippen molar-refractivity contribution in [3.63, 3.8) is 0 Å². The zero-order valence-electron chi connectivity index (χ0n) is 22.7. The van der Waals surface area contributed by atoms with Gasteiger partial charge in [-0.2, -0.15) is 4.73 Å². The van der Waals surface area contributed by atoms with Gasteiger partial charge in [0.05, 0.1) is 11.7 Å². The first-order chi connectivity index (χ1) is 18.0. The van der Waals surface area contributed by atoms with Crippen LogP contribution in [0.25, 0.3) is 16.5 Å². The third-order valence-electron chi connectivity index (χ3n) is 7.25. The van der Waals surface area contributed by atoms with Crippen LogP contribution >= 0.6 is 11.8 Å². The highest BCUT2D eigenvalue weighted by molar-refractivity contribution is 7.99. The average Bonchev–Trinajstić information content (AvgIpc) is 3.26. The number of thioether (sulfide) groups is 1. The number of unbranched alkanes of at least 4 members (excludes halogenated alkanes) is 4. The Morgan fingerprint density at radius 2 is 1.86 bits per heavy atom. The maximum atomic E-state index is 12.7. The number of carbonyl (C=O) groups is 1. The topological polar surface area (TPSA) is 34.5 Å². The highest BCUT2D eigenvalue weighted by atomic mass is 32.2. The van der Waals surface area contributed by atoms with Crippen molar-refractivity contribution in [2.45, 2.75) is 83.1 Å². The summed E-state index contributed by atoms with van der Waals surface area (Å²) in [6, 6.07) is 17.8. The molecule has 2 aromatic carbocycles. The lowest BCUT2D eigenvalue weighted by molar-refractivity contribution is -0.143. The molecule has 5 heteroatoms. The number of hydrogen-bond acceptors (Lipinski definition) is 4. The molecule has 0 unspecified atom stereocenters. The van der Waals surface area contributed by atoms with Gasteiger partial charge in [-0.25, -0.2) is 4.79 Å². The molecule has 4 nitrogen and oxygen atoms in total. The lowest BCUT2D eigenvalue weighted by atomic mass is 9.98. The molecule has 0 saturated heterocycles. The molecule has 0 saturated carbocycles. The molecule has 1 aromatic heterocycles. The Hall–Kier alpha value is -2.50. The second-order valence-corrected chi connectivity index (χ2v) is 11.5. The summed E-state index contributed by atoms with van der Waals surface area (Å²) in [5.41, 5.74) is 4.88. The van der Waals surface area contributed by atoms with Crippen LogP contribution in [-0.4, -0.2) is 40.5 Å². The molecule has 1 aliphatic heterocycles. The second-order valence-electron chi connectivity index (χ2n) is 10.3. The van der Waals surface area contributed by atoms with Crippen LogP contribution in [-0.2, 0) is 11.2 Å². The Morgan fingerprint density at radius 3 is 2.59 bits per heavy atom. The summed E-state index contributed by atoms with van der Waals surface area (Å²) in [7, 11) is 0. The molecule has 0 radical (unpaired) electrons. The van der Waals surface area contributed by atoms with Gasteiger partial charge >= 0.3 is 5.97 Å². The first-order valence-electron chi connectivity index (χ1n) is 14.0. The quantitative estimate of drug-likeness (QED) is 0.171. The number of carbonyl (C=O) groups excluding carboxylic acids is 1. The third-order valence-corrected chi connectivity index (χ3v) is 8.24. The van der Waals surface area contributed by atoms with Gasteiger partial charge in [0, 0.05) is 47.2 Å². The van der Waals surface area contributed by atoms with E-state index in [0.717, 1.165) is 50.0 Å². The number of rotatable bonds is 13. The first kappa shape index (κ1) is 27.5. The van der Waals surface area contributed by atoms with Crippen LogP contribution in [0, 0.1) is 0 Å². The van der Waals surface area contributed by atoms with Gasteiger partial charge < -0.3 is 4.84 Å². The number of fused-ring (bicyclic) bond motifs is 1. The normalized spacial score (nSPS) is 14.3. The van der Waals surface area contributed by atoms with Crippen molar-refractivity contribution in [3.8, 4) is 0 Å². The van der Waals surface area contributed by atoms with Crippen LogP contribution in [0.2, 0.25) is 0 Å². The Balaban J connectivity index is 1.51. The zero-order valence-corrected chi connectivity index (χ0v) is 23.6. The summed E-state index contributed by atoms with van der Waals surface area (Å²) in [6.45, 7) is 8.73. The molecule has 0 spiro atoms. The summed E-state index contributed by atoms with van der Waals surface area (Å²) >= 11 is 1.89. The molecule has 3 aromatic rings. The van der Waals surface area contributed by atoms with Gasteiger partial charge in [-0.15, -0.1) is 11.8 Å². The third kappa shape index (κ3) is 7.75. The number of hydrogen-bond donors (Lipinski definition) is 0. The molecule has 0 fully saturated rings. The van der Waals surface area contributed by atoms with Crippen molar-refractivity contribution in [1.29, 1.82) is 0 Å². The Bertz CT molecular complexity index is 1180. The summed E-state index contributed by atoms with van der Waals surface area (Å²) in [5.74, 6) is 0.884. The number of aromatic nitrogens is 1. The van der Waals surface area contributed by atoms with Crippen molar-refractivity contribution in [2.24, 2.45) is 0 Å². The van der Waals surface area contributed by atoms with E-state index in [9.17, 15) is 4.79 Å². The zero-order chi connectivity index (χ0) is 26.0. The smallest absolute Gasteiger partial charge is 0.332 e. The van der Waals surface area contributed by atoms with Crippen LogP contribution in [0.1, 0.15) is 76.8 Å². The highest BCUT2D eigenvalue weighted by Gasteiger charge is 2.20. The van der Waals surface area contributed by atoms with Gasteiger partial charge in [0.2, 0.25) is 0 Å². The standard InChI is InChI=1S/C32H42N2O2S/c1-4-5-6-7-11-14-32(35)36-34-24-30(27-17-20-33(21-18-27)25(2)3)29-23-28(15-16-31(29)34)37-22-19-26-12-9-8-10-13-26/h8-10,12-13,15-17,23-25H,4-7,11,14,18-22H2,1-3H3. The fourth-order valence-corrected chi connectivity index (χ4v) is 5.90. The molecule has 0 aliphatic carbocycles. The van der Waals surface area contributed by atoms with Crippen LogP contribution in [0.5, 0.6) is 0 Å². The van der Waals surface area contributed by atoms with Crippen LogP contribution in [0.3, 0.4) is 0 Å². The second kappa shape index (κ2) is 13.9. The van der Waals surface area contributed by atoms with E-state index < -0.39 is 0 Å². The Morgan fingerprint density at radius 1 is 1.05 bits per heavy atom. The largest absolute Gasteiger partial charge is 0.337 e. The van der Waals surface area contributed by atoms with Crippen molar-refractivity contribution < 1.29 is 9.63 Å². The number of aryl methyl sites for hydroxylation is 1. The molecule has 0 atom stereocenters. The first-order valence-corrected chi connectivity index (χ1v) is 15.0. The monoisotopic (exact) mass is 518 g/mol. The van der Waals surface area contributed by atoms with E-state index >= 15 is 0 Å². The Kier molecular flexibility index (Phi) is 10.3. The Labute approximate surface area is 227 Å². The van der Waals surface area contributed by atoms with E-state index in [0.29, 0.717) is 12.5 Å². The molecular weight excluding hydrogens is 476 g/mol. The maximum Gasteiger partial charge on any atom is 0.332 e. The highest BCUT2D eigenvalue weighted by Crippen LogP contribution is 2.34. The minimum absolute atomic E-state index is 0.148. The van der Waals surface area contributed by atoms with E-state index in [2.05, 4.69) is 80.3 Å². The van der Waals surface area contributed by atoms with Crippen molar-refractivity contribution in [1.82, 2.24) is 9.63 Å². The molecule has 2 heterocycles. The average molecular weight is 519 g/mol. The van der Waals surface area contributed by atoms with E-state index in [-0.39, 0.29) is 5.97 Å². The molecule has 0 amide bonds.